The van der Waals surface area contributed by atoms with Crippen LogP contribution in [0.4, 0.5) is 0 Å². The lowest BCUT2D eigenvalue weighted by molar-refractivity contribution is 0.139. The maximum absolute atomic E-state index is 2.79. The summed E-state index contributed by atoms with van der Waals surface area (Å²) in [5.74, 6) is 0. The van der Waals surface area contributed by atoms with Crippen LogP contribution in [-0.4, -0.2) is 24.0 Å². The summed E-state index contributed by atoms with van der Waals surface area (Å²) in [6.07, 6.45) is 16.5. The van der Waals surface area contributed by atoms with Crippen molar-refractivity contribution in [2.75, 3.05) is 13.1 Å². The van der Waals surface area contributed by atoms with Crippen LogP contribution >= 0.6 is 0 Å². The van der Waals surface area contributed by atoms with Gasteiger partial charge in [0.25, 0.3) is 0 Å². The summed E-state index contributed by atoms with van der Waals surface area (Å²) in [6, 6.07) is 22.8. The second-order valence-electron chi connectivity index (χ2n) is 8.57. The van der Waals surface area contributed by atoms with Crippen LogP contribution in [0.2, 0.25) is 0 Å². The van der Waals surface area contributed by atoms with Gasteiger partial charge < -0.3 is 4.90 Å². The Morgan fingerprint density at radius 1 is 0.643 bits per heavy atom. The highest BCUT2D eigenvalue weighted by molar-refractivity contribution is 5.15. The zero-order valence-electron chi connectivity index (χ0n) is 17.7. The highest BCUT2D eigenvalue weighted by atomic mass is 15.2. The van der Waals surface area contributed by atoms with Crippen LogP contribution in [0.3, 0.4) is 0 Å². The SMILES string of the molecule is c1ccc(CCCCCCCC[C@H]2CCCCN2CCc2ccccc2)cc1. The predicted molar refractivity (Wildman–Crippen MR) is 122 cm³/mol. The Balaban J connectivity index is 1.24. The number of hydrogen-bond donors (Lipinski definition) is 0. The molecule has 152 valence electrons. The molecule has 1 heteroatoms. The van der Waals surface area contributed by atoms with Crippen molar-refractivity contribution in [1.29, 1.82) is 0 Å². The largest absolute Gasteiger partial charge is 0.300 e. The van der Waals surface area contributed by atoms with Gasteiger partial charge in [-0.2, -0.15) is 0 Å². The van der Waals surface area contributed by atoms with Crippen LogP contribution in [-0.2, 0) is 12.8 Å². The van der Waals surface area contributed by atoms with Crippen LogP contribution in [0, 0.1) is 0 Å². The van der Waals surface area contributed by atoms with E-state index in [4.69, 9.17) is 0 Å². The average Bonchev–Trinajstić information content (AvgIpc) is 2.76. The van der Waals surface area contributed by atoms with Gasteiger partial charge in [-0.1, -0.05) is 99.2 Å². The van der Waals surface area contributed by atoms with Crippen LogP contribution < -0.4 is 0 Å². The minimum Gasteiger partial charge on any atom is -0.300 e. The maximum atomic E-state index is 2.79. The van der Waals surface area contributed by atoms with Gasteiger partial charge in [-0.25, -0.2) is 0 Å². The minimum absolute atomic E-state index is 0.843. The molecule has 2 aromatic rings. The zero-order chi connectivity index (χ0) is 19.3. The average molecular weight is 378 g/mol. The van der Waals surface area contributed by atoms with Crippen LogP contribution in [0.15, 0.2) is 60.7 Å². The van der Waals surface area contributed by atoms with Gasteiger partial charge in [0.1, 0.15) is 0 Å². The van der Waals surface area contributed by atoms with Crippen molar-refractivity contribution in [1.82, 2.24) is 4.90 Å². The molecule has 2 aromatic carbocycles. The molecule has 1 atom stereocenters. The van der Waals surface area contributed by atoms with Crippen LogP contribution in [0.25, 0.3) is 0 Å². The summed E-state index contributed by atoms with van der Waals surface area (Å²) in [4.78, 5) is 2.79. The maximum Gasteiger partial charge on any atom is 0.00953 e. The molecule has 1 nitrogen and oxygen atoms in total. The molecule has 0 aromatic heterocycles. The molecule has 1 aliphatic heterocycles. The first kappa shape index (κ1) is 21.1. The number of nitrogens with zero attached hydrogens (tertiary/aromatic N) is 1. The van der Waals surface area contributed by atoms with E-state index in [2.05, 4.69) is 65.6 Å². The summed E-state index contributed by atoms with van der Waals surface area (Å²) in [5, 5.41) is 0. The Morgan fingerprint density at radius 3 is 1.96 bits per heavy atom. The van der Waals surface area contributed by atoms with Gasteiger partial charge in [0, 0.05) is 12.6 Å². The molecule has 1 fully saturated rings. The first-order chi connectivity index (χ1) is 13.9. The van der Waals surface area contributed by atoms with Gasteiger partial charge in [0.15, 0.2) is 0 Å². The molecule has 0 bridgehead atoms. The molecule has 28 heavy (non-hydrogen) atoms. The number of rotatable bonds is 12. The van der Waals surface area contributed by atoms with E-state index in [1.807, 2.05) is 0 Å². The minimum atomic E-state index is 0.843. The normalized spacial score (nSPS) is 17.6. The van der Waals surface area contributed by atoms with Gasteiger partial charge in [-0.15, -0.1) is 0 Å². The molecule has 0 radical (unpaired) electrons. The second kappa shape index (κ2) is 12.8. The number of aryl methyl sites for hydroxylation is 1. The quantitative estimate of drug-likeness (QED) is 0.358. The second-order valence-corrected chi connectivity index (χ2v) is 8.57. The van der Waals surface area contributed by atoms with E-state index >= 15 is 0 Å². The lowest BCUT2D eigenvalue weighted by Crippen LogP contribution is -2.40. The number of unbranched alkanes of at least 4 members (excludes halogenated alkanes) is 5. The van der Waals surface area contributed by atoms with Gasteiger partial charge in [-0.3, -0.25) is 0 Å². The molecule has 0 spiro atoms. The molecule has 0 amide bonds. The summed E-state index contributed by atoms with van der Waals surface area (Å²) in [5.41, 5.74) is 2.98. The molecule has 1 saturated heterocycles. The van der Waals surface area contributed by atoms with E-state index in [0.29, 0.717) is 0 Å². The fraction of sp³-hybridized carbons (Fsp3) is 0.556. The van der Waals surface area contributed by atoms with E-state index < -0.39 is 0 Å². The number of likely N-dealkylation sites (tertiary alicyclic amines) is 1. The van der Waals surface area contributed by atoms with Crippen molar-refractivity contribution in [3.63, 3.8) is 0 Å². The molecule has 0 aliphatic carbocycles. The standard InChI is InChI=1S/C27H39N/c1(3-7-15-25-16-8-5-9-17-25)2-4-12-20-27-21-13-14-23-28(27)24-22-26-18-10-6-11-19-26/h5-6,8-11,16-19,27H,1-4,7,12-15,20-24H2/t27-/m0/s1. The van der Waals surface area contributed by atoms with Crippen molar-refractivity contribution in [2.45, 2.75) is 83.1 Å². The lowest BCUT2D eigenvalue weighted by Gasteiger charge is -2.36. The van der Waals surface area contributed by atoms with Gasteiger partial charge in [-0.05, 0) is 56.2 Å². The molecular formula is C27H39N. The highest BCUT2D eigenvalue weighted by Crippen LogP contribution is 2.22. The Bertz CT molecular complexity index is 621. The third kappa shape index (κ3) is 7.80. The first-order valence-corrected chi connectivity index (χ1v) is 11.7. The van der Waals surface area contributed by atoms with Crippen molar-refractivity contribution in [3.05, 3.63) is 71.8 Å². The van der Waals surface area contributed by atoms with Gasteiger partial charge >= 0.3 is 0 Å². The van der Waals surface area contributed by atoms with E-state index in [1.165, 1.54) is 101 Å². The molecule has 0 unspecified atom stereocenters. The van der Waals surface area contributed by atoms with E-state index in [0.717, 1.165) is 6.04 Å². The Kier molecular flexibility index (Phi) is 9.64. The zero-order valence-corrected chi connectivity index (χ0v) is 17.7. The molecule has 0 saturated carbocycles. The van der Waals surface area contributed by atoms with E-state index in [9.17, 15) is 0 Å². The summed E-state index contributed by atoms with van der Waals surface area (Å²) in [7, 11) is 0. The monoisotopic (exact) mass is 377 g/mol. The summed E-state index contributed by atoms with van der Waals surface area (Å²) in [6.45, 7) is 2.56. The third-order valence-corrected chi connectivity index (χ3v) is 6.38. The van der Waals surface area contributed by atoms with E-state index in [-0.39, 0.29) is 0 Å². The van der Waals surface area contributed by atoms with Crippen molar-refractivity contribution >= 4 is 0 Å². The highest BCUT2D eigenvalue weighted by Gasteiger charge is 2.21. The topological polar surface area (TPSA) is 3.24 Å². The van der Waals surface area contributed by atoms with Gasteiger partial charge in [0.2, 0.25) is 0 Å². The fourth-order valence-electron chi connectivity index (χ4n) is 4.66. The molecular weight excluding hydrogens is 338 g/mol. The van der Waals surface area contributed by atoms with Crippen molar-refractivity contribution < 1.29 is 0 Å². The Labute approximate surface area is 173 Å². The number of piperidine rings is 1. The first-order valence-electron chi connectivity index (χ1n) is 11.7. The number of hydrogen-bond acceptors (Lipinski definition) is 1. The molecule has 1 aliphatic rings. The third-order valence-electron chi connectivity index (χ3n) is 6.38. The fourth-order valence-corrected chi connectivity index (χ4v) is 4.66. The Morgan fingerprint density at radius 2 is 1.25 bits per heavy atom. The smallest absolute Gasteiger partial charge is 0.00953 e. The summed E-state index contributed by atoms with van der Waals surface area (Å²) >= 11 is 0. The van der Waals surface area contributed by atoms with Crippen molar-refractivity contribution in [2.24, 2.45) is 0 Å². The Hall–Kier alpha value is -1.60. The van der Waals surface area contributed by atoms with E-state index in [1.54, 1.807) is 0 Å². The lowest BCUT2D eigenvalue weighted by atomic mass is 9.95. The molecule has 0 N–H and O–H groups in total. The van der Waals surface area contributed by atoms with Crippen LogP contribution in [0.5, 0.6) is 0 Å². The summed E-state index contributed by atoms with van der Waals surface area (Å²) < 4.78 is 0. The van der Waals surface area contributed by atoms with Crippen LogP contribution in [0.1, 0.15) is 75.3 Å². The molecule has 3 rings (SSSR count). The van der Waals surface area contributed by atoms with Gasteiger partial charge in [0.05, 0.1) is 0 Å². The predicted octanol–water partition coefficient (Wildman–Crippen LogP) is 7.06. The van der Waals surface area contributed by atoms with Crippen molar-refractivity contribution in [3.8, 4) is 0 Å². The number of benzene rings is 2. The molecule has 1 heterocycles.